The standard InChI is InChI=1S/C21H24Cl3N3O4S/c1-4-25-21(29)14(2)26(12-15-5-7-16(22)8-6-15)20(28)13-27(32(3,30)31)19-11-17(23)9-10-18(19)24/h5-11,14H,4,12-13H2,1-3H3,(H,25,29). The maximum atomic E-state index is 13.3. The third-order valence-electron chi connectivity index (χ3n) is 4.64. The summed E-state index contributed by atoms with van der Waals surface area (Å²) in [5, 5.41) is 3.60. The molecule has 2 amide bonds. The van der Waals surface area contributed by atoms with E-state index in [1.807, 2.05) is 0 Å². The van der Waals surface area contributed by atoms with Gasteiger partial charge >= 0.3 is 0 Å². The fourth-order valence-electron chi connectivity index (χ4n) is 2.96. The molecule has 2 aromatic carbocycles. The Labute approximate surface area is 203 Å². The number of hydrogen-bond donors (Lipinski definition) is 1. The molecule has 174 valence electrons. The van der Waals surface area contributed by atoms with Crippen molar-refractivity contribution in [2.75, 3.05) is 23.7 Å². The molecule has 1 atom stereocenters. The number of benzene rings is 2. The molecule has 0 aliphatic carbocycles. The highest BCUT2D eigenvalue weighted by molar-refractivity contribution is 7.92. The van der Waals surface area contributed by atoms with Gasteiger partial charge in [-0.2, -0.15) is 0 Å². The summed E-state index contributed by atoms with van der Waals surface area (Å²) >= 11 is 18.1. The Balaban J connectivity index is 2.42. The maximum Gasteiger partial charge on any atom is 0.244 e. The van der Waals surface area contributed by atoms with Crippen molar-refractivity contribution in [2.24, 2.45) is 0 Å². The van der Waals surface area contributed by atoms with E-state index >= 15 is 0 Å². The Hall–Kier alpha value is -2.00. The largest absolute Gasteiger partial charge is 0.355 e. The van der Waals surface area contributed by atoms with Crippen molar-refractivity contribution >= 4 is 62.3 Å². The molecule has 0 aliphatic heterocycles. The van der Waals surface area contributed by atoms with Gasteiger partial charge in [0.2, 0.25) is 21.8 Å². The van der Waals surface area contributed by atoms with Crippen molar-refractivity contribution in [3.8, 4) is 0 Å². The molecule has 1 N–H and O–H groups in total. The summed E-state index contributed by atoms with van der Waals surface area (Å²) < 4.78 is 25.9. The highest BCUT2D eigenvalue weighted by Gasteiger charge is 2.30. The smallest absolute Gasteiger partial charge is 0.244 e. The number of sulfonamides is 1. The quantitative estimate of drug-likeness (QED) is 0.542. The second-order valence-electron chi connectivity index (χ2n) is 7.08. The van der Waals surface area contributed by atoms with E-state index in [4.69, 9.17) is 34.8 Å². The van der Waals surface area contributed by atoms with Crippen molar-refractivity contribution in [1.29, 1.82) is 0 Å². The fraction of sp³-hybridized carbons (Fsp3) is 0.333. The van der Waals surface area contributed by atoms with Crippen LogP contribution >= 0.6 is 34.8 Å². The van der Waals surface area contributed by atoms with E-state index in [1.165, 1.54) is 23.1 Å². The molecule has 32 heavy (non-hydrogen) atoms. The molecule has 0 aromatic heterocycles. The molecule has 0 radical (unpaired) electrons. The van der Waals surface area contributed by atoms with Gasteiger partial charge in [0.05, 0.1) is 17.0 Å². The second-order valence-corrected chi connectivity index (χ2v) is 10.3. The predicted molar refractivity (Wildman–Crippen MR) is 129 cm³/mol. The van der Waals surface area contributed by atoms with Gasteiger partial charge in [0, 0.05) is 23.1 Å². The van der Waals surface area contributed by atoms with Crippen LogP contribution in [0.3, 0.4) is 0 Å². The van der Waals surface area contributed by atoms with Gasteiger partial charge in [-0.3, -0.25) is 13.9 Å². The third-order valence-corrected chi connectivity index (χ3v) is 6.57. The molecular formula is C21H24Cl3N3O4S. The third kappa shape index (κ3) is 7.00. The zero-order chi connectivity index (χ0) is 24.1. The molecular weight excluding hydrogens is 497 g/mol. The van der Waals surface area contributed by atoms with Crippen LogP contribution < -0.4 is 9.62 Å². The summed E-state index contributed by atoms with van der Waals surface area (Å²) in [6.07, 6.45) is 0.967. The Kier molecular flexibility index (Phi) is 9.21. The molecule has 0 spiro atoms. The molecule has 0 saturated heterocycles. The summed E-state index contributed by atoms with van der Waals surface area (Å²) in [6.45, 7) is 3.25. The van der Waals surface area contributed by atoms with Crippen molar-refractivity contribution in [1.82, 2.24) is 10.2 Å². The second kappa shape index (κ2) is 11.2. The zero-order valence-corrected chi connectivity index (χ0v) is 20.9. The van der Waals surface area contributed by atoms with Gasteiger partial charge in [0.1, 0.15) is 12.6 Å². The molecule has 0 fully saturated rings. The summed E-state index contributed by atoms with van der Waals surface area (Å²) in [5.41, 5.74) is 0.803. The number of likely N-dealkylation sites (N-methyl/N-ethyl adjacent to an activating group) is 1. The Morgan fingerprint density at radius 1 is 1.03 bits per heavy atom. The van der Waals surface area contributed by atoms with Crippen molar-refractivity contribution in [3.05, 3.63) is 63.1 Å². The lowest BCUT2D eigenvalue weighted by Gasteiger charge is -2.31. The number of anilines is 1. The Bertz CT molecular complexity index is 1080. The van der Waals surface area contributed by atoms with E-state index in [1.54, 1.807) is 38.1 Å². The minimum atomic E-state index is -3.90. The van der Waals surface area contributed by atoms with E-state index < -0.39 is 28.5 Å². The number of carbonyl (C=O) groups is 2. The molecule has 2 aromatic rings. The number of nitrogens with zero attached hydrogens (tertiary/aromatic N) is 2. The van der Waals surface area contributed by atoms with Gasteiger partial charge in [-0.05, 0) is 49.7 Å². The van der Waals surface area contributed by atoms with E-state index in [0.29, 0.717) is 11.6 Å². The summed E-state index contributed by atoms with van der Waals surface area (Å²) in [6, 6.07) is 10.3. The molecule has 0 heterocycles. The normalized spacial score (nSPS) is 12.2. The van der Waals surface area contributed by atoms with Gasteiger partial charge in [0.15, 0.2) is 0 Å². The van der Waals surface area contributed by atoms with E-state index in [-0.39, 0.29) is 28.2 Å². The first-order chi connectivity index (χ1) is 14.9. The van der Waals surface area contributed by atoms with Crippen LogP contribution in [0, 0.1) is 0 Å². The van der Waals surface area contributed by atoms with E-state index in [9.17, 15) is 18.0 Å². The van der Waals surface area contributed by atoms with Crippen LogP contribution in [-0.4, -0.2) is 50.5 Å². The number of rotatable bonds is 9. The lowest BCUT2D eigenvalue weighted by Crippen LogP contribution is -2.51. The lowest BCUT2D eigenvalue weighted by atomic mass is 10.1. The molecule has 2 rings (SSSR count). The van der Waals surface area contributed by atoms with Crippen molar-refractivity contribution in [3.63, 3.8) is 0 Å². The van der Waals surface area contributed by atoms with E-state index in [0.717, 1.165) is 16.1 Å². The fourth-order valence-corrected chi connectivity index (χ4v) is 4.38. The van der Waals surface area contributed by atoms with Crippen molar-refractivity contribution in [2.45, 2.75) is 26.4 Å². The average molecular weight is 521 g/mol. The van der Waals surface area contributed by atoms with Crippen LogP contribution in [0.5, 0.6) is 0 Å². The molecule has 11 heteroatoms. The van der Waals surface area contributed by atoms with Gasteiger partial charge in [0.25, 0.3) is 0 Å². The van der Waals surface area contributed by atoms with Crippen LogP contribution in [0.15, 0.2) is 42.5 Å². The highest BCUT2D eigenvalue weighted by Crippen LogP contribution is 2.31. The average Bonchev–Trinajstić information content (AvgIpc) is 2.72. The molecule has 7 nitrogen and oxygen atoms in total. The molecule has 0 bridgehead atoms. The SMILES string of the molecule is CCNC(=O)C(C)N(Cc1ccc(Cl)cc1)C(=O)CN(c1cc(Cl)ccc1Cl)S(C)(=O)=O. The van der Waals surface area contributed by atoms with Gasteiger partial charge in [-0.15, -0.1) is 0 Å². The first kappa shape index (κ1) is 26.3. The van der Waals surface area contributed by atoms with Crippen LogP contribution in [0.2, 0.25) is 15.1 Å². The van der Waals surface area contributed by atoms with Crippen LogP contribution in [0.25, 0.3) is 0 Å². The van der Waals surface area contributed by atoms with Gasteiger partial charge in [-0.25, -0.2) is 8.42 Å². The number of hydrogen-bond acceptors (Lipinski definition) is 4. The zero-order valence-electron chi connectivity index (χ0n) is 17.8. The van der Waals surface area contributed by atoms with Gasteiger partial charge < -0.3 is 10.2 Å². The van der Waals surface area contributed by atoms with Gasteiger partial charge in [-0.1, -0.05) is 46.9 Å². The highest BCUT2D eigenvalue weighted by atomic mass is 35.5. The maximum absolute atomic E-state index is 13.3. The lowest BCUT2D eigenvalue weighted by molar-refractivity contribution is -0.139. The topological polar surface area (TPSA) is 86.8 Å². The van der Waals surface area contributed by atoms with Crippen LogP contribution in [-0.2, 0) is 26.2 Å². The minimum absolute atomic E-state index is 0.0760. The number of nitrogens with one attached hydrogen (secondary N) is 1. The monoisotopic (exact) mass is 519 g/mol. The summed E-state index contributed by atoms with van der Waals surface area (Å²) in [4.78, 5) is 27.1. The van der Waals surface area contributed by atoms with Crippen LogP contribution in [0.4, 0.5) is 5.69 Å². The molecule has 0 aliphatic rings. The Morgan fingerprint density at radius 2 is 1.62 bits per heavy atom. The predicted octanol–water partition coefficient (Wildman–Crippen LogP) is 3.97. The minimum Gasteiger partial charge on any atom is -0.355 e. The molecule has 1 unspecified atom stereocenters. The first-order valence-corrected chi connectivity index (χ1v) is 12.7. The first-order valence-electron chi connectivity index (χ1n) is 9.68. The van der Waals surface area contributed by atoms with Crippen molar-refractivity contribution < 1.29 is 18.0 Å². The Morgan fingerprint density at radius 3 is 2.19 bits per heavy atom. The number of amides is 2. The molecule has 0 saturated carbocycles. The van der Waals surface area contributed by atoms with Crippen LogP contribution in [0.1, 0.15) is 19.4 Å². The summed E-state index contributed by atoms with van der Waals surface area (Å²) in [7, 11) is -3.90. The number of carbonyl (C=O) groups excluding carboxylic acids is 2. The number of halogens is 3. The summed E-state index contributed by atoms with van der Waals surface area (Å²) in [5.74, 6) is -0.943. The van der Waals surface area contributed by atoms with E-state index in [2.05, 4.69) is 5.32 Å².